The number of unbranched alkanes of at least 4 members (excludes halogenated alkanes) is 8. The Morgan fingerprint density at radius 2 is 1.74 bits per heavy atom. The summed E-state index contributed by atoms with van der Waals surface area (Å²) in [6.45, 7) is 2.71. The van der Waals surface area contributed by atoms with Crippen LogP contribution < -0.4 is 5.32 Å². The number of carbonyl (C=O) groups is 2. The quantitative estimate of drug-likeness (QED) is 0.312. The standard InChI is InChI=1S/C19H33NO3/c1-2-3-4-5-6-7-8-9-10-11-12-13-16-23-19(22)17-14-15-18(21)20-17/h8-9,17H,2-7,10-16H2,1H3,(H,20,21)/b9-8+/t17-/m0/s1. The molecule has 1 atom stereocenters. The Bertz CT molecular complexity index is 366. The fourth-order valence-corrected chi connectivity index (χ4v) is 2.71. The molecule has 23 heavy (non-hydrogen) atoms. The number of carbonyl (C=O) groups excluding carboxylic acids is 2. The minimum absolute atomic E-state index is 0.0518. The van der Waals surface area contributed by atoms with Crippen molar-refractivity contribution < 1.29 is 14.3 Å². The van der Waals surface area contributed by atoms with Gasteiger partial charge in [0.1, 0.15) is 6.04 Å². The molecule has 0 aromatic heterocycles. The van der Waals surface area contributed by atoms with E-state index in [-0.39, 0.29) is 11.9 Å². The second-order valence-corrected chi connectivity index (χ2v) is 6.35. The lowest BCUT2D eigenvalue weighted by Gasteiger charge is -2.09. The molecule has 0 spiro atoms. The number of hydrogen-bond donors (Lipinski definition) is 1. The Morgan fingerprint density at radius 3 is 2.35 bits per heavy atom. The summed E-state index contributed by atoms with van der Waals surface area (Å²) in [5, 5.41) is 2.63. The van der Waals surface area contributed by atoms with Gasteiger partial charge in [-0.2, -0.15) is 0 Å². The highest BCUT2D eigenvalue weighted by Gasteiger charge is 2.28. The first-order chi connectivity index (χ1) is 11.2. The Morgan fingerprint density at radius 1 is 1.09 bits per heavy atom. The monoisotopic (exact) mass is 323 g/mol. The summed E-state index contributed by atoms with van der Waals surface area (Å²) in [5.41, 5.74) is 0. The molecule has 1 saturated heterocycles. The maximum atomic E-state index is 11.6. The third kappa shape index (κ3) is 10.1. The molecule has 0 radical (unpaired) electrons. The van der Waals surface area contributed by atoms with Crippen LogP contribution in [0, 0.1) is 0 Å². The number of nitrogens with one attached hydrogen (secondary N) is 1. The third-order valence-electron chi connectivity index (χ3n) is 4.18. The molecule has 132 valence electrons. The molecule has 0 bridgehead atoms. The number of hydrogen-bond acceptors (Lipinski definition) is 3. The molecule has 1 aliphatic heterocycles. The van der Waals surface area contributed by atoms with E-state index in [0.717, 1.165) is 25.7 Å². The average molecular weight is 323 g/mol. The van der Waals surface area contributed by atoms with Gasteiger partial charge < -0.3 is 10.1 Å². The predicted octanol–water partition coefficient (Wildman–Crippen LogP) is 4.29. The topological polar surface area (TPSA) is 55.4 Å². The molecule has 0 saturated carbocycles. The molecular weight excluding hydrogens is 290 g/mol. The maximum Gasteiger partial charge on any atom is 0.328 e. The zero-order chi connectivity index (χ0) is 16.8. The van der Waals surface area contributed by atoms with Gasteiger partial charge in [0.2, 0.25) is 5.91 Å². The van der Waals surface area contributed by atoms with Gasteiger partial charge in [-0.05, 0) is 44.9 Å². The molecule has 1 heterocycles. The molecule has 4 heteroatoms. The highest BCUT2D eigenvalue weighted by Crippen LogP contribution is 2.09. The maximum absolute atomic E-state index is 11.6. The smallest absolute Gasteiger partial charge is 0.328 e. The van der Waals surface area contributed by atoms with E-state index in [1.807, 2.05) is 0 Å². The third-order valence-corrected chi connectivity index (χ3v) is 4.18. The van der Waals surface area contributed by atoms with Crippen LogP contribution in [0.4, 0.5) is 0 Å². The van der Waals surface area contributed by atoms with E-state index < -0.39 is 6.04 Å². The van der Waals surface area contributed by atoms with E-state index in [1.165, 1.54) is 38.5 Å². The molecule has 0 aromatic carbocycles. The summed E-state index contributed by atoms with van der Waals surface area (Å²) in [6.07, 6.45) is 17.7. The lowest BCUT2D eigenvalue weighted by molar-refractivity contribution is -0.146. The summed E-state index contributed by atoms with van der Waals surface area (Å²) in [6, 6.07) is -0.414. The summed E-state index contributed by atoms with van der Waals surface area (Å²) in [5.74, 6) is -0.331. The van der Waals surface area contributed by atoms with Crippen molar-refractivity contribution in [2.75, 3.05) is 6.61 Å². The van der Waals surface area contributed by atoms with E-state index in [1.54, 1.807) is 0 Å². The largest absolute Gasteiger partial charge is 0.464 e. The zero-order valence-corrected chi connectivity index (χ0v) is 14.6. The van der Waals surface area contributed by atoms with Gasteiger partial charge in [-0.1, -0.05) is 44.8 Å². The Hall–Kier alpha value is -1.32. The van der Waals surface area contributed by atoms with Crippen LogP contribution >= 0.6 is 0 Å². The molecular formula is C19H33NO3. The summed E-state index contributed by atoms with van der Waals surface area (Å²) in [7, 11) is 0. The highest BCUT2D eigenvalue weighted by atomic mass is 16.5. The molecule has 0 unspecified atom stereocenters. The van der Waals surface area contributed by atoms with Crippen molar-refractivity contribution >= 4 is 11.9 Å². The van der Waals surface area contributed by atoms with Crippen LogP contribution in [0.3, 0.4) is 0 Å². The number of rotatable bonds is 13. The van der Waals surface area contributed by atoms with Gasteiger partial charge in [0.15, 0.2) is 0 Å². The second kappa shape index (κ2) is 13.1. The van der Waals surface area contributed by atoms with Gasteiger partial charge in [-0.25, -0.2) is 4.79 Å². The normalized spacial score (nSPS) is 17.6. The predicted molar refractivity (Wildman–Crippen MR) is 93.1 cm³/mol. The number of allylic oxidation sites excluding steroid dienone is 2. The Labute approximate surface area is 141 Å². The van der Waals surface area contributed by atoms with Crippen molar-refractivity contribution in [3.8, 4) is 0 Å². The van der Waals surface area contributed by atoms with Gasteiger partial charge in [0.25, 0.3) is 0 Å². The lowest BCUT2D eigenvalue weighted by Crippen LogP contribution is -2.34. The molecule has 0 aromatic rings. The van der Waals surface area contributed by atoms with Crippen molar-refractivity contribution in [2.24, 2.45) is 0 Å². The summed E-state index contributed by atoms with van der Waals surface area (Å²) in [4.78, 5) is 22.7. The van der Waals surface area contributed by atoms with Crippen LogP contribution in [0.2, 0.25) is 0 Å². The van der Waals surface area contributed by atoms with Crippen LogP contribution in [-0.4, -0.2) is 24.5 Å². The van der Waals surface area contributed by atoms with Gasteiger partial charge in [-0.3, -0.25) is 4.79 Å². The molecule has 1 amide bonds. The van der Waals surface area contributed by atoms with E-state index in [0.29, 0.717) is 19.4 Å². The number of amides is 1. The lowest BCUT2D eigenvalue weighted by atomic mass is 10.1. The minimum Gasteiger partial charge on any atom is -0.464 e. The summed E-state index contributed by atoms with van der Waals surface area (Å²) >= 11 is 0. The van der Waals surface area contributed by atoms with Crippen molar-refractivity contribution in [1.82, 2.24) is 5.32 Å². The van der Waals surface area contributed by atoms with E-state index >= 15 is 0 Å². The highest BCUT2D eigenvalue weighted by molar-refractivity contribution is 5.87. The van der Waals surface area contributed by atoms with Gasteiger partial charge in [0, 0.05) is 6.42 Å². The number of esters is 1. The minimum atomic E-state index is -0.414. The molecule has 1 rings (SSSR count). The zero-order valence-electron chi connectivity index (χ0n) is 14.6. The van der Waals surface area contributed by atoms with Crippen LogP contribution in [0.5, 0.6) is 0 Å². The van der Waals surface area contributed by atoms with Crippen LogP contribution in [0.25, 0.3) is 0 Å². The van der Waals surface area contributed by atoms with E-state index in [4.69, 9.17) is 4.74 Å². The number of ether oxygens (including phenoxy) is 1. The van der Waals surface area contributed by atoms with Crippen molar-refractivity contribution in [3.63, 3.8) is 0 Å². The molecule has 1 fully saturated rings. The molecule has 1 aliphatic rings. The Kier molecular flexibility index (Phi) is 11.3. The average Bonchev–Trinajstić information content (AvgIpc) is 2.98. The van der Waals surface area contributed by atoms with Crippen LogP contribution in [-0.2, 0) is 14.3 Å². The van der Waals surface area contributed by atoms with Crippen molar-refractivity contribution in [3.05, 3.63) is 12.2 Å². The van der Waals surface area contributed by atoms with E-state index in [9.17, 15) is 9.59 Å². The SMILES string of the molecule is CCCCCCC/C=C/CCCCCOC(=O)[C@@H]1CCC(=O)N1. The molecule has 4 nitrogen and oxygen atoms in total. The van der Waals surface area contributed by atoms with Crippen molar-refractivity contribution in [1.29, 1.82) is 0 Å². The van der Waals surface area contributed by atoms with Gasteiger partial charge in [-0.15, -0.1) is 0 Å². The van der Waals surface area contributed by atoms with Crippen molar-refractivity contribution in [2.45, 2.75) is 90.0 Å². The molecule has 0 aliphatic carbocycles. The van der Waals surface area contributed by atoms with Gasteiger partial charge >= 0.3 is 5.97 Å². The fraction of sp³-hybridized carbons (Fsp3) is 0.789. The first-order valence-electron chi connectivity index (χ1n) is 9.35. The fourth-order valence-electron chi connectivity index (χ4n) is 2.71. The summed E-state index contributed by atoms with van der Waals surface area (Å²) < 4.78 is 5.19. The first-order valence-corrected chi connectivity index (χ1v) is 9.35. The Balaban J connectivity index is 1.84. The van der Waals surface area contributed by atoms with E-state index in [2.05, 4.69) is 24.4 Å². The second-order valence-electron chi connectivity index (χ2n) is 6.35. The first kappa shape index (κ1) is 19.7. The van der Waals surface area contributed by atoms with Gasteiger partial charge in [0.05, 0.1) is 6.61 Å². The van der Waals surface area contributed by atoms with Crippen LogP contribution in [0.1, 0.15) is 84.0 Å². The van der Waals surface area contributed by atoms with Crippen LogP contribution in [0.15, 0.2) is 12.2 Å². The molecule has 1 N–H and O–H groups in total.